The van der Waals surface area contributed by atoms with E-state index in [1.807, 2.05) is 239 Å². The third-order valence-corrected chi connectivity index (χ3v) is 24.2. The molecule has 14 heteroatoms. The van der Waals surface area contributed by atoms with Crippen molar-refractivity contribution in [2.45, 2.75) is 466 Å². The summed E-state index contributed by atoms with van der Waals surface area (Å²) in [6, 6.07) is 0. The van der Waals surface area contributed by atoms with Crippen molar-refractivity contribution in [2.24, 2.45) is 53.3 Å². The predicted octanol–water partition coefficient (Wildman–Crippen LogP) is 26.5. The predicted molar refractivity (Wildman–Crippen MR) is 540 cm³/mol. The average molecular weight is 1760 g/mol. The molecule has 2 aliphatic rings. The van der Waals surface area contributed by atoms with Crippen LogP contribution in [0.25, 0.3) is 0 Å². The number of hydrogen-bond acceptors (Lipinski definition) is 14. The summed E-state index contributed by atoms with van der Waals surface area (Å²) in [6.45, 7) is 54.7. The normalized spacial score (nSPS) is 22.2. The first-order valence-electron chi connectivity index (χ1n) is 49.0. The second-order valence-electron chi connectivity index (χ2n) is 36.1. The number of carbonyl (C=O) groups is 1. The Hall–Kier alpha value is -4.75. The van der Waals surface area contributed by atoms with Gasteiger partial charge in [0.05, 0.1) is 79.4 Å². The second kappa shape index (κ2) is 81.3. The van der Waals surface area contributed by atoms with Gasteiger partial charge in [-0.25, -0.2) is 0 Å². The molecule has 728 valence electrons. The summed E-state index contributed by atoms with van der Waals surface area (Å²) < 4.78 is 13.2. The fourth-order valence-electron chi connectivity index (χ4n) is 14.2. The van der Waals surface area contributed by atoms with E-state index in [0.29, 0.717) is 69.3 Å². The summed E-state index contributed by atoms with van der Waals surface area (Å²) in [4.78, 5) is 11.6. The van der Waals surface area contributed by atoms with Crippen LogP contribution in [-0.2, 0) is 14.3 Å². The van der Waals surface area contributed by atoms with Crippen LogP contribution in [0.1, 0.15) is 381 Å². The molecule has 2 fully saturated rings. The topological polar surface area (TPSA) is 258 Å². The molecule has 2 rings (SSSR count). The molecule has 0 radical (unpaired) electrons. The minimum absolute atomic E-state index is 0. The third-order valence-electron chi connectivity index (χ3n) is 24.2. The van der Waals surface area contributed by atoms with Gasteiger partial charge in [0.2, 0.25) is 0 Å². The quantitative estimate of drug-likeness (QED) is 0.0200. The largest absolute Gasteiger partial charge is 0.393 e. The summed E-state index contributed by atoms with van der Waals surface area (Å²) >= 11 is 0. The Morgan fingerprint density at radius 2 is 0.784 bits per heavy atom. The van der Waals surface area contributed by atoms with E-state index in [9.17, 15) is 61.0 Å². The smallest absolute Gasteiger partial charge is 0.169 e. The fourth-order valence-corrected chi connectivity index (χ4v) is 14.2. The lowest BCUT2D eigenvalue weighted by molar-refractivity contribution is -0.325. The van der Waals surface area contributed by atoms with Gasteiger partial charge in [0.1, 0.15) is 5.78 Å². The Bertz CT molecular complexity index is 3030. The van der Waals surface area contributed by atoms with Crippen LogP contribution >= 0.6 is 0 Å². The van der Waals surface area contributed by atoms with E-state index in [0.717, 1.165) is 119 Å². The Morgan fingerprint density at radius 3 is 1.14 bits per heavy atom. The molecule has 1 spiro atoms. The molecule has 23 atom stereocenters. The zero-order valence-corrected chi connectivity index (χ0v) is 84.2. The lowest BCUT2D eigenvalue weighted by Gasteiger charge is -2.49. The molecule has 0 aromatic rings. The molecule has 125 heavy (non-hydrogen) atoms. The number of hydrogen-bond donors (Lipinski definition) is 11. The SMILES string of the molecule is C.C/C=C/C(C)C(O)/C=C/C(C)=C/C.C/C=C/C(C)C(O)/C=C/C(C)=C/CC.C/C=C/C(C)C(O)/C=C/C(C)=C/CC.CCCC(CCC(O)CCC(C)C(C)O)C(O)/C=C/C(C)=C/CC(O)CC.CCCCC(CCC(O)CCC(C)C(C)O)C(O)/C=C/C(C)=C/CC(O)CC.CCCCC1CC[C@]2(CCC(C)C(CC)O2)OC1/C=C/C(C)=C/CC(=O)CC. The Kier molecular flexibility index (Phi) is 83.7. The standard InChI is InChI=1S/C25H42O3.C24H46O4.C23H44O4.2C13H22O.C12H20O.CH4/c1-6-9-10-21-16-18-25(17-15-20(5)23(8-3)27-25)28-24(21)14-12-19(4)11-13-22(26)7-2;1-6-8-9-21(13-16-23(27)15-12-19(4)20(5)25)24(28)17-11-18(3)10-14-22(26)7-2;1-6-8-20(12-15-22(26)14-11-18(4)19(5)24)23(27)16-10-17(3)9-13-21(25)7-2;2*1-5-7-11(3)9-10-13(14)12(4)8-6-2;1-5-7-11(4)12(13)9-8-10(3)6-2;/h11-12,14,20-21,23-24H,6-10,13,15-18H2,1-5H3;10-11,17,19-28H,6-9,12-16H2,1-5H3;9-10,16,18-27H,6-8,11-15H2,1-5H3;2*6-10,12-14H,5H2,1-4H3;5-9,11-13H,1-4H3;1H4/b14-12+,19-11+;17-11+,18-10+;16-10+,17-9+;2*8-6+,10-9+,11-7+;7-5+,9-8+,10-6+;/t20?,21?,23?,24?,25-;;;;;;/m0....../s1. The van der Waals surface area contributed by atoms with Crippen molar-refractivity contribution in [1.82, 2.24) is 0 Å². The highest BCUT2D eigenvalue weighted by Crippen LogP contribution is 2.45. The summed E-state index contributed by atoms with van der Waals surface area (Å²) in [6.07, 6.45) is 70.0. The highest BCUT2D eigenvalue weighted by Gasteiger charge is 2.46. The highest BCUT2D eigenvalue weighted by molar-refractivity contribution is 5.79. The average Bonchev–Trinajstić information content (AvgIpc) is 0.782. The maximum atomic E-state index is 11.6. The minimum Gasteiger partial charge on any atom is -0.393 e. The van der Waals surface area contributed by atoms with Crippen LogP contribution in [0.4, 0.5) is 0 Å². The summed E-state index contributed by atoms with van der Waals surface area (Å²) in [5.41, 5.74) is 6.82. The van der Waals surface area contributed by atoms with Gasteiger partial charge in [-0.1, -0.05) is 323 Å². The Morgan fingerprint density at radius 1 is 0.408 bits per heavy atom. The van der Waals surface area contributed by atoms with E-state index in [1.165, 1.54) is 48.8 Å². The van der Waals surface area contributed by atoms with Gasteiger partial charge >= 0.3 is 0 Å². The number of aliphatic hydroxyl groups is 11. The maximum Gasteiger partial charge on any atom is 0.169 e. The summed E-state index contributed by atoms with van der Waals surface area (Å²) in [7, 11) is 0. The molecule has 0 saturated carbocycles. The van der Waals surface area contributed by atoms with Crippen molar-refractivity contribution in [1.29, 1.82) is 0 Å². The van der Waals surface area contributed by atoms with Gasteiger partial charge in [-0.2, -0.15) is 0 Å². The molecule has 0 aromatic heterocycles. The van der Waals surface area contributed by atoms with Crippen LogP contribution in [0.3, 0.4) is 0 Å². The van der Waals surface area contributed by atoms with Crippen LogP contribution in [-0.4, -0.2) is 147 Å². The third kappa shape index (κ3) is 68.9. The van der Waals surface area contributed by atoms with Crippen LogP contribution in [0, 0.1) is 53.3 Å². The van der Waals surface area contributed by atoms with Crippen molar-refractivity contribution < 1.29 is 70.4 Å². The first-order chi connectivity index (χ1) is 58.7. The van der Waals surface area contributed by atoms with Crippen molar-refractivity contribution in [3.8, 4) is 0 Å². The number of Topliss-reactive ketones (excluding diaryl/α,β-unsaturated/α-hetero) is 1. The monoisotopic (exact) mass is 1760 g/mol. The molecular formula is C111H200O14. The van der Waals surface area contributed by atoms with Gasteiger partial charge in [0.25, 0.3) is 0 Å². The number of allylic oxidation sites excluding steroid dienone is 19. The lowest BCUT2D eigenvalue weighted by atomic mass is 9.81. The molecule has 2 aliphatic heterocycles. The van der Waals surface area contributed by atoms with Crippen LogP contribution in [0.5, 0.6) is 0 Å². The Labute approximate surface area is 770 Å². The molecular weight excluding hydrogens is 1560 g/mol. The van der Waals surface area contributed by atoms with Crippen LogP contribution in [0.15, 0.2) is 179 Å². The summed E-state index contributed by atoms with van der Waals surface area (Å²) in [5.74, 6) is 2.32. The van der Waals surface area contributed by atoms with E-state index < -0.39 is 12.2 Å². The molecule has 0 bridgehead atoms. The zero-order valence-electron chi connectivity index (χ0n) is 84.2. The number of rotatable bonds is 54. The van der Waals surface area contributed by atoms with E-state index in [-0.39, 0.29) is 121 Å². The fraction of sp³-hybridized carbons (Fsp3) is 0.721. The number of carbonyl (C=O) groups excluding carboxylic acids is 1. The first-order valence-corrected chi connectivity index (χ1v) is 49.0. The maximum absolute atomic E-state index is 11.6. The second-order valence-corrected chi connectivity index (χ2v) is 36.1. The van der Waals surface area contributed by atoms with Gasteiger partial charge in [0.15, 0.2) is 5.79 Å². The Balaban J connectivity index is -0.000000474. The van der Waals surface area contributed by atoms with Crippen LogP contribution < -0.4 is 0 Å². The summed E-state index contributed by atoms with van der Waals surface area (Å²) in [5, 5.41) is 109. The van der Waals surface area contributed by atoms with Gasteiger partial charge in [-0.15, -0.1) is 0 Å². The van der Waals surface area contributed by atoms with Crippen molar-refractivity contribution in [3.63, 3.8) is 0 Å². The van der Waals surface area contributed by atoms with Gasteiger partial charge in [-0.05, 0) is 247 Å². The molecule has 22 unspecified atom stereocenters. The highest BCUT2D eigenvalue weighted by atomic mass is 16.7. The molecule has 0 aliphatic carbocycles. The number of unbranched alkanes of at least 4 members (excludes halogenated alkanes) is 2. The van der Waals surface area contributed by atoms with Crippen LogP contribution in [0.2, 0.25) is 0 Å². The molecule has 0 amide bonds. The number of ketones is 1. The van der Waals surface area contributed by atoms with Gasteiger partial charge in [0, 0.05) is 43.4 Å². The van der Waals surface area contributed by atoms with Crippen molar-refractivity contribution >= 4 is 5.78 Å². The van der Waals surface area contributed by atoms with Crippen molar-refractivity contribution in [2.75, 3.05) is 0 Å². The number of ether oxygens (including phenoxy) is 2. The van der Waals surface area contributed by atoms with E-state index in [4.69, 9.17) is 9.47 Å². The lowest BCUT2D eigenvalue weighted by Crippen LogP contribution is -2.51. The van der Waals surface area contributed by atoms with E-state index in [1.54, 1.807) is 13.8 Å². The van der Waals surface area contributed by atoms with E-state index >= 15 is 0 Å². The van der Waals surface area contributed by atoms with Gasteiger partial charge in [-0.3, -0.25) is 4.79 Å². The van der Waals surface area contributed by atoms with E-state index in [2.05, 4.69) is 79.7 Å². The minimum atomic E-state index is -0.520. The molecule has 2 heterocycles. The van der Waals surface area contributed by atoms with Gasteiger partial charge < -0.3 is 65.6 Å². The first kappa shape index (κ1) is 129. The molecule has 0 aromatic carbocycles. The molecule has 11 N–H and O–H groups in total. The molecule has 2 saturated heterocycles. The zero-order chi connectivity index (χ0) is 95.1. The number of aliphatic hydroxyl groups excluding tert-OH is 11. The van der Waals surface area contributed by atoms with Crippen molar-refractivity contribution in [3.05, 3.63) is 179 Å². The molecule has 14 nitrogen and oxygen atoms in total.